The predicted octanol–water partition coefficient (Wildman–Crippen LogP) is 7.37. The summed E-state index contributed by atoms with van der Waals surface area (Å²) in [5.41, 5.74) is 5.81. The van der Waals surface area contributed by atoms with Crippen molar-refractivity contribution in [3.8, 4) is 11.3 Å². The van der Waals surface area contributed by atoms with E-state index in [0.717, 1.165) is 5.92 Å². The van der Waals surface area contributed by atoms with Gasteiger partial charge in [0.1, 0.15) is 7.05 Å². The lowest BCUT2D eigenvalue weighted by Gasteiger charge is -2.25. The van der Waals surface area contributed by atoms with E-state index in [0.29, 0.717) is 0 Å². The molecule has 3 heteroatoms. The highest BCUT2D eigenvalue weighted by Crippen LogP contribution is 2.51. The molecule has 28 heavy (non-hydrogen) atoms. The fraction of sp³-hybridized carbons (Fsp3) is 0.320. The van der Waals surface area contributed by atoms with Crippen LogP contribution in [0.5, 0.6) is 0 Å². The Labute approximate surface area is 174 Å². The molecular formula is C25H24NS2+. The summed E-state index contributed by atoms with van der Waals surface area (Å²) in [6.07, 6.45) is 9.15. The normalized spacial score (nSPS) is 16.6. The van der Waals surface area contributed by atoms with Crippen LogP contribution in [0, 0.1) is 6.92 Å². The number of pyridine rings is 1. The maximum atomic E-state index is 2.52. The molecule has 1 nitrogen and oxygen atoms in total. The van der Waals surface area contributed by atoms with Crippen molar-refractivity contribution in [1.82, 2.24) is 0 Å². The van der Waals surface area contributed by atoms with Crippen molar-refractivity contribution in [2.45, 2.75) is 54.7 Å². The Morgan fingerprint density at radius 1 is 1.00 bits per heavy atom. The smallest absolute Gasteiger partial charge is 0.200 e. The van der Waals surface area contributed by atoms with Crippen molar-refractivity contribution in [3.63, 3.8) is 0 Å². The van der Waals surface area contributed by atoms with Crippen molar-refractivity contribution in [2.75, 3.05) is 0 Å². The Bertz CT molecular complexity index is 1240. The molecule has 0 unspecified atom stereocenters. The van der Waals surface area contributed by atoms with Gasteiger partial charge in [-0.2, -0.15) is 0 Å². The number of nitrogens with zero attached hydrogens (tertiary/aromatic N) is 1. The molecule has 1 saturated carbocycles. The molecule has 0 saturated heterocycles. The summed E-state index contributed by atoms with van der Waals surface area (Å²) >= 11 is 3.85. The van der Waals surface area contributed by atoms with E-state index in [4.69, 9.17) is 0 Å². The highest BCUT2D eigenvalue weighted by molar-refractivity contribution is 7.99. The molecule has 2 aromatic carbocycles. The second-order valence-corrected chi connectivity index (χ2v) is 10.4. The number of aryl methyl sites for hydroxylation is 2. The van der Waals surface area contributed by atoms with Crippen molar-refractivity contribution in [2.24, 2.45) is 7.05 Å². The SMILES string of the molecule is Cc1c2c(cc3sccc13)Sc1cc(C3CCCCC3)cc3cc[n+](C)c-2c13. The molecule has 0 amide bonds. The Balaban J connectivity index is 1.65. The lowest BCUT2D eigenvalue weighted by molar-refractivity contribution is -0.659. The number of hydrogen-bond donors (Lipinski definition) is 0. The summed E-state index contributed by atoms with van der Waals surface area (Å²) in [7, 11) is 2.20. The van der Waals surface area contributed by atoms with E-state index < -0.39 is 0 Å². The summed E-state index contributed by atoms with van der Waals surface area (Å²) in [5, 5.41) is 6.49. The summed E-state index contributed by atoms with van der Waals surface area (Å²) in [5.74, 6) is 0.746. The van der Waals surface area contributed by atoms with Crippen LogP contribution in [0.3, 0.4) is 0 Å². The van der Waals surface area contributed by atoms with Gasteiger partial charge in [0.25, 0.3) is 0 Å². The molecule has 1 aliphatic carbocycles. The van der Waals surface area contributed by atoms with Gasteiger partial charge in [0, 0.05) is 20.6 Å². The zero-order chi connectivity index (χ0) is 18.8. The molecule has 2 aromatic heterocycles. The minimum Gasteiger partial charge on any atom is -0.200 e. The summed E-state index contributed by atoms with van der Waals surface area (Å²) < 4.78 is 3.74. The van der Waals surface area contributed by atoms with E-state index in [1.54, 1.807) is 5.56 Å². The number of benzene rings is 2. The van der Waals surface area contributed by atoms with Crippen LogP contribution in [0.1, 0.15) is 49.1 Å². The van der Waals surface area contributed by atoms with Gasteiger partial charge in [-0.05, 0) is 71.2 Å². The van der Waals surface area contributed by atoms with Crippen LogP contribution in [0.4, 0.5) is 0 Å². The van der Waals surface area contributed by atoms with Gasteiger partial charge in [0.05, 0.1) is 10.9 Å². The monoisotopic (exact) mass is 402 g/mol. The maximum Gasteiger partial charge on any atom is 0.222 e. The van der Waals surface area contributed by atoms with E-state index in [9.17, 15) is 0 Å². The first kappa shape index (κ1) is 17.1. The molecule has 0 spiro atoms. The predicted molar refractivity (Wildman–Crippen MR) is 121 cm³/mol. The lowest BCUT2D eigenvalue weighted by Crippen LogP contribution is -2.31. The Kier molecular flexibility index (Phi) is 3.86. The molecular weight excluding hydrogens is 378 g/mol. The summed E-state index contributed by atoms with van der Waals surface area (Å²) in [6, 6.07) is 12.0. The quantitative estimate of drug-likeness (QED) is 0.265. The van der Waals surface area contributed by atoms with Gasteiger partial charge < -0.3 is 0 Å². The van der Waals surface area contributed by atoms with Gasteiger partial charge in [-0.1, -0.05) is 37.1 Å². The highest BCUT2D eigenvalue weighted by atomic mass is 32.2. The summed E-state index contributed by atoms with van der Waals surface area (Å²) in [4.78, 5) is 2.87. The molecule has 4 aromatic rings. The van der Waals surface area contributed by atoms with Crippen LogP contribution < -0.4 is 4.57 Å². The average Bonchev–Trinajstić information content (AvgIpc) is 3.19. The molecule has 2 aliphatic rings. The van der Waals surface area contributed by atoms with Crippen molar-refractivity contribution >= 4 is 44.0 Å². The zero-order valence-corrected chi connectivity index (χ0v) is 18.1. The van der Waals surface area contributed by atoms with Crippen LogP contribution in [0.15, 0.2) is 51.7 Å². The van der Waals surface area contributed by atoms with Gasteiger partial charge in [-0.3, -0.25) is 0 Å². The molecule has 1 fully saturated rings. The minimum absolute atomic E-state index is 0.746. The third kappa shape index (κ3) is 2.42. The molecule has 0 atom stereocenters. The Morgan fingerprint density at radius 3 is 2.71 bits per heavy atom. The minimum atomic E-state index is 0.746. The van der Waals surface area contributed by atoms with Crippen molar-refractivity contribution in [1.29, 1.82) is 0 Å². The van der Waals surface area contributed by atoms with Crippen LogP contribution in [-0.4, -0.2) is 0 Å². The van der Waals surface area contributed by atoms with Crippen molar-refractivity contribution in [3.05, 3.63) is 53.0 Å². The third-order valence-electron chi connectivity index (χ3n) is 6.74. The van der Waals surface area contributed by atoms with E-state index >= 15 is 0 Å². The van der Waals surface area contributed by atoms with Crippen molar-refractivity contribution < 1.29 is 4.57 Å². The number of thiophene rings is 1. The maximum absolute atomic E-state index is 2.52. The van der Waals surface area contributed by atoms with Gasteiger partial charge in [-0.15, -0.1) is 11.3 Å². The van der Waals surface area contributed by atoms with Gasteiger partial charge >= 0.3 is 0 Å². The standard InChI is InChI=1S/C25H24NS2/c1-15-19-9-11-27-20(19)14-22-23(15)25-24-17(8-10-26(25)2)12-18(13-21(24)28-22)16-6-4-3-5-7-16/h8-14,16H,3-7H2,1-2H3/q+1. The fourth-order valence-electron chi connectivity index (χ4n) is 5.29. The Morgan fingerprint density at radius 2 is 1.86 bits per heavy atom. The van der Waals surface area contributed by atoms with E-state index in [1.807, 2.05) is 23.1 Å². The van der Waals surface area contributed by atoms with Gasteiger partial charge in [0.15, 0.2) is 6.20 Å². The topological polar surface area (TPSA) is 3.88 Å². The average molecular weight is 403 g/mol. The number of hydrogen-bond acceptors (Lipinski definition) is 2. The first-order valence-electron chi connectivity index (χ1n) is 10.4. The first-order chi connectivity index (χ1) is 13.7. The number of aromatic nitrogens is 1. The van der Waals surface area contributed by atoms with Crippen LogP contribution in [0.25, 0.3) is 32.1 Å². The Hall–Kier alpha value is -1.84. The van der Waals surface area contributed by atoms with Crippen LogP contribution >= 0.6 is 23.1 Å². The molecule has 0 bridgehead atoms. The van der Waals surface area contributed by atoms with E-state index in [-0.39, 0.29) is 0 Å². The third-order valence-corrected chi connectivity index (χ3v) is 8.69. The molecule has 0 radical (unpaired) electrons. The highest BCUT2D eigenvalue weighted by Gasteiger charge is 2.30. The van der Waals surface area contributed by atoms with E-state index in [2.05, 4.69) is 60.4 Å². The molecule has 0 N–H and O–H groups in total. The molecule has 1 aliphatic heterocycles. The zero-order valence-electron chi connectivity index (χ0n) is 16.4. The van der Waals surface area contributed by atoms with E-state index in [1.165, 1.54) is 79.6 Å². The second kappa shape index (κ2) is 6.33. The van der Waals surface area contributed by atoms with Gasteiger partial charge in [0.2, 0.25) is 5.69 Å². The summed E-state index contributed by atoms with van der Waals surface area (Å²) in [6.45, 7) is 2.30. The number of fused-ring (bicyclic) bond motifs is 3. The lowest BCUT2D eigenvalue weighted by atomic mass is 9.83. The fourth-order valence-corrected chi connectivity index (χ4v) is 7.52. The van der Waals surface area contributed by atoms with Gasteiger partial charge in [-0.25, -0.2) is 4.57 Å². The van der Waals surface area contributed by atoms with Crippen LogP contribution in [-0.2, 0) is 7.05 Å². The second-order valence-electron chi connectivity index (χ2n) is 8.40. The molecule has 6 rings (SSSR count). The largest absolute Gasteiger partial charge is 0.222 e. The molecule has 140 valence electrons. The molecule has 3 heterocycles. The number of rotatable bonds is 1. The first-order valence-corrected chi connectivity index (χ1v) is 12.1. The van der Waals surface area contributed by atoms with Crippen LogP contribution in [0.2, 0.25) is 0 Å².